The van der Waals surface area contributed by atoms with Gasteiger partial charge in [0, 0.05) is 32.1 Å². The molecule has 2 heterocycles. The molecule has 6 nitrogen and oxygen atoms in total. The predicted octanol–water partition coefficient (Wildman–Crippen LogP) is 2.54. The van der Waals surface area contributed by atoms with Gasteiger partial charge in [0.05, 0.1) is 15.4 Å². The lowest BCUT2D eigenvalue weighted by Gasteiger charge is -2.37. The minimum absolute atomic E-state index is 0.0327. The van der Waals surface area contributed by atoms with Crippen LogP contribution in [0.15, 0.2) is 12.1 Å². The quantitative estimate of drug-likeness (QED) is 0.655. The number of amides is 1. The average molecular weight is 354 g/mol. The third kappa shape index (κ3) is 3.08. The van der Waals surface area contributed by atoms with Gasteiger partial charge in [0.25, 0.3) is 0 Å². The van der Waals surface area contributed by atoms with Crippen molar-refractivity contribution < 1.29 is 4.79 Å². The van der Waals surface area contributed by atoms with Crippen LogP contribution in [-0.2, 0) is 4.79 Å². The molecule has 0 saturated carbocycles. The van der Waals surface area contributed by atoms with E-state index in [4.69, 9.17) is 17.4 Å². The van der Waals surface area contributed by atoms with Crippen molar-refractivity contribution in [3.05, 3.63) is 17.2 Å². The highest BCUT2D eigenvalue weighted by Crippen LogP contribution is 2.38. The second-order valence-electron chi connectivity index (χ2n) is 5.87. The molecule has 1 aromatic heterocycles. The molecule has 124 valence electrons. The van der Waals surface area contributed by atoms with Gasteiger partial charge in [-0.05, 0) is 12.1 Å². The number of aromatic nitrogens is 1. The van der Waals surface area contributed by atoms with Crippen molar-refractivity contribution in [2.24, 2.45) is 11.8 Å². The van der Waals surface area contributed by atoms with Gasteiger partial charge < -0.3 is 9.80 Å². The van der Waals surface area contributed by atoms with E-state index >= 15 is 0 Å². The number of hydrazine groups is 1. The fourth-order valence-electron chi connectivity index (χ4n) is 2.83. The molecular formula is C15H20ClN5OS. The Bertz CT molecular complexity index is 724. The van der Waals surface area contributed by atoms with Crippen LogP contribution in [0.4, 0.5) is 10.8 Å². The minimum Gasteiger partial charge on any atom is -0.365 e. The molecule has 0 bridgehead atoms. The van der Waals surface area contributed by atoms with Crippen LogP contribution in [0.3, 0.4) is 0 Å². The molecule has 0 atom stereocenters. The van der Waals surface area contributed by atoms with Gasteiger partial charge in [-0.2, -0.15) is 0 Å². The maximum Gasteiger partial charge on any atom is 0.225 e. The molecule has 3 N–H and O–H groups in total. The van der Waals surface area contributed by atoms with Crippen LogP contribution < -0.4 is 16.2 Å². The monoisotopic (exact) mass is 353 g/mol. The van der Waals surface area contributed by atoms with Crippen molar-refractivity contribution in [3.8, 4) is 0 Å². The fourth-order valence-corrected chi connectivity index (χ4v) is 3.88. The number of thiazole rings is 1. The molecule has 0 spiro atoms. The molecule has 0 radical (unpaired) electrons. The topological polar surface area (TPSA) is 74.5 Å². The first-order valence-electron chi connectivity index (χ1n) is 7.60. The first kappa shape index (κ1) is 16.3. The van der Waals surface area contributed by atoms with Crippen LogP contribution >= 0.6 is 22.9 Å². The lowest BCUT2D eigenvalue weighted by atomic mass is 10.1. The summed E-state index contributed by atoms with van der Waals surface area (Å²) >= 11 is 7.93. The summed E-state index contributed by atoms with van der Waals surface area (Å²) in [5.41, 5.74) is 4.38. The Morgan fingerprint density at radius 3 is 2.65 bits per heavy atom. The molecule has 1 aliphatic heterocycles. The Morgan fingerprint density at radius 1 is 1.35 bits per heavy atom. The van der Waals surface area contributed by atoms with E-state index in [0.717, 1.165) is 29.0 Å². The summed E-state index contributed by atoms with van der Waals surface area (Å²) in [6.07, 6.45) is 0. The summed E-state index contributed by atoms with van der Waals surface area (Å²) in [6.45, 7) is 6.78. The normalized spacial score (nSPS) is 15.5. The summed E-state index contributed by atoms with van der Waals surface area (Å²) in [7, 11) is 0. The van der Waals surface area contributed by atoms with Crippen LogP contribution in [0.1, 0.15) is 13.8 Å². The zero-order valence-electron chi connectivity index (χ0n) is 13.2. The molecule has 1 saturated heterocycles. The van der Waals surface area contributed by atoms with E-state index in [1.54, 1.807) is 0 Å². The summed E-state index contributed by atoms with van der Waals surface area (Å²) in [5.74, 6) is 5.71. The van der Waals surface area contributed by atoms with E-state index in [2.05, 4.69) is 15.3 Å². The first-order valence-corrected chi connectivity index (χ1v) is 8.80. The van der Waals surface area contributed by atoms with E-state index in [9.17, 15) is 4.79 Å². The number of fused-ring (bicyclic) bond motifs is 1. The van der Waals surface area contributed by atoms with Crippen LogP contribution in [0.25, 0.3) is 10.2 Å². The number of hydrogen-bond acceptors (Lipinski definition) is 6. The highest BCUT2D eigenvalue weighted by molar-refractivity contribution is 7.22. The summed E-state index contributed by atoms with van der Waals surface area (Å²) in [6, 6.07) is 3.85. The van der Waals surface area contributed by atoms with Gasteiger partial charge in [0.15, 0.2) is 5.13 Å². The third-order valence-electron chi connectivity index (χ3n) is 4.01. The maximum atomic E-state index is 12.1. The molecule has 23 heavy (non-hydrogen) atoms. The van der Waals surface area contributed by atoms with Crippen LogP contribution in [0.2, 0.25) is 5.02 Å². The van der Waals surface area contributed by atoms with Gasteiger partial charge in [-0.25, -0.2) is 10.8 Å². The van der Waals surface area contributed by atoms with Crippen molar-refractivity contribution in [1.29, 1.82) is 0 Å². The largest absolute Gasteiger partial charge is 0.365 e. The highest BCUT2D eigenvalue weighted by Gasteiger charge is 2.25. The van der Waals surface area contributed by atoms with Crippen molar-refractivity contribution in [2.45, 2.75) is 13.8 Å². The lowest BCUT2D eigenvalue weighted by Crippen LogP contribution is -2.50. The zero-order chi connectivity index (χ0) is 16.6. The van der Waals surface area contributed by atoms with Gasteiger partial charge in [0.1, 0.15) is 5.52 Å². The molecular weight excluding hydrogens is 334 g/mol. The summed E-state index contributed by atoms with van der Waals surface area (Å²) in [4.78, 5) is 20.8. The van der Waals surface area contributed by atoms with Crippen LogP contribution in [-0.4, -0.2) is 42.0 Å². The smallest absolute Gasteiger partial charge is 0.225 e. The van der Waals surface area contributed by atoms with Crippen molar-refractivity contribution in [1.82, 2.24) is 9.88 Å². The maximum absolute atomic E-state index is 12.1. The lowest BCUT2D eigenvalue weighted by molar-refractivity contribution is -0.134. The fraction of sp³-hybridized carbons (Fsp3) is 0.467. The number of anilines is 2. The number of nitrogen functional groups attached to an aromatic ring is 1. The van der Waals surface area contributed by atoms with Crippen molar-refractivity contribution >= 4 is 49.9 Å². The molecule has 0 aliphatic carbocycles. The number of piperazine rings is 1. The van der Waals surface area contributed by atoms with Crippen LogP contribution in [0.5, 0.6) is 0 Å². The van der Waals surface area contributed by atoms with E-state index in [1.807, 2.05) is 30.9 Å². The molecule has 1 amide bonds. The summed E-state index contributed by atoms with van der Waals surface area (Å²) in [5, 5.41) is 1.34. The predicted molar refractivity (Wildman–Crippen MR) is 96.1 cm³/mol. The Labute approximate surface area is 144 Å². The highest BCUT2D eigenvalue weighted by atomic mass is 35.5. The Morgan fingerprint density at radius 2 is 2.04 bits per heavy atom. The number of benzene rings is 1. The number of nitrogens with one attached hydrogen (secondary N) is 1. The Balaban J connectivity index is 1.86. The van der Waals surface area contributed by atoms with Crippen LogP contribution in [0, 0.1) is 5.92 Å². The Hall–Kier alpha value is -1.57. The number of carbonyl (C=O) groups is 1. The van der Waals surface area contributed by atoms with E-state index in [-0.39, 0.29) is 11.8 Å². The molecule has 1 fully saturated rings. The SMILES string of the molecule is CC(C)C(=O)N1CCN(c2c(Cl)ccc3sc(NN)nc23)CC1. The first-order chi connectivity index (χ1) is 11.0. The average Bonchev–Trinajstić information content (AvgIpc) is 2.97. The number of halogens is 1. The molecule has 1 aliphatic rings. The van der Waals surface area contributed by atoms with E-state index in [1.165, 1.54) is 11.3 Å². The van der Waals surface area contributed by atoms with Crippen molar-refractivity contribution in [3.63, 3.8) is 0 Å². The number of nitrogens with zero attached hydrogens (tertiary/aromatic N) is 3. The third-order valence-corrected chi connectivity index (χ3v) is 5.27. The second kappa shape index (κ2) is 6.51. The van der Waals surface area contributed by atoms with Gasteiger partial charge >= 0.3 is 0 Å². The summed E-state index contributed by atoms with van der Waals surface area (Å²) < 4.78 is 1.04. The van der Waals surface area contributed by atoms with Crippen molar-refractivity contribution in [2.75, 3.05) is 36.5 Å². The Kier molecular flexibility index (Phi) is 4.61. The van der Waals surface area contributed by atoms with E-state index in [0.29, 0.717) is 23.2 Å². The number of carbonyl (C=O) groups excluding carboxylic acids is 1. The molecule has 1 aromatic carbocycles. The molecule has 2 aromatic rings. The minimum atomic E-state index is 0.0327. The van der Waals surface area contributed by atoms with Gasteiger partial charge in [-0.1, -0.05) is 36.8 Å². The van der Waals surface area contributed by atoms with E-state index < -0.39 is 0 Å². The molecule has 3 rings (SSSR count). The van der Waals surface area contributed by atoms with Gasteiger partial charge in [-0.3, -0.25) is 10.2 Å². The standard InChI is InChI=1S/C15H20ClN5OS/c1-9(2)14(22)21-7-5-20(6-8-21)13-10(16)3-4-11-12(13)18-15(19-17)23-11/h3-4,9H,5-8,17H2,1-2H3,(H,18,19). The van der Waals surface area contributed by atoms with Gasteiger partial charge in [-0.15, -0.1) is 0 Å². The molecule has 8 heteroatoms. The number of hydrogen-bond donors (Lipinski definition) is 2. The second-order valence-corrected chi connectivity index (χ2v) is 7.31. The van der Waals surface area contributed by atoms with Gasteiger partial charge in [0.2, 0.25) is 5.91 Å². The zero-order valence-corrected chi connectivity index (χ0v) is 14.7. The number of rotatable bonds is 3. The molecule has 0 unspecified atom stereocenters. The number of nitrogens with two attached hydrogens (primary N) is 1.